The number of nitrogens with one attached hydrogen (secondary N) is 1. The monoisotopic (exact) mass is 1160 g/mol. The van der Waals surface area contributed by atoms with E-state index in [1.807, 2.05) is 6.08 Å². The molecule has 19 heteroatoms. The second kappa shape index (κ2) is 45.1. The SMILES string of the molecule is CCCCCCC/C=C/CC/C=C/CC/C=C/C(O)C(COC1OC(CO)C(OC2OC(CO)C(OC3OC(CO)C(O)C(O)C3O)C(O)C2O)C(O)C1O)NC(=O)CCCCCCCCCCC/C=C\CCCCCCCCCC. The largest absolute Gasteiger partial charge is 0.394 e. The molecular formula is C62H111NO18. The number of carbonyl (C=O) groups excluding carboxylic acids is 1. The second-order valence-electron chi connectivity index (χ2n) is 22.5. The van der Waals surface area contributed by atoms with Crippen molar-refractivity contribution in [3.05, 3.63) is 48.6 Å². The summed E-state index contributed by atoms with van der Waals surface area (Å²) in [7, 11) is 0. The molecule has 81 heavy (non-hydrogen) atoms. The highest BCUT2D eigenvalue weighted by atomic mass is 16.8. The lowest BCUT2D eigenvalue weighted by Gasteiger charge is -2.48. The summed E-state index contributed by atoms with van der Waals surface area (Å²) >= 11 is 0. The van der Waals surface area contributed by atoms with Gasteiger partial charge >= 0.3 is 0 Å². The van der Waals surface area contributed by atoms with Crippen LogP contribution in [0.15, 0.2) is 48.6 Å². The minimum Gasteiger partial charge on any atom is -0.394 e. The molecule has 3 fully saturated rings. The highest BCUT2D eigenvalue weighted by Gasteiger charge is 2.53. The van der Waals surface area contributed by atoms with E-state index in [0.29, 0.717) is 12.8 Å². The molecule has 472 valence electrons. The normalized spacial score (nSPS) is 30.1. The van der Waals surface area contributed by atoms with Gasteiger partial charge in [0.25, 0.3) is 0 Å². The fourth-order valence-corrected chi connectivity index (χ4v) is 10.4. The Kier molecular flexibility index (Phi) is 40.7. The van der Waals surface area contributed by atoms with Crippen molar-refractivity contribution < 1.29 is 89.4 Å². The van der Waals surface area contributed by atoms with E-state index in [9.17, 15) is 61.0 Å². The number of unbranched alkanes of at least 4 members (excludes halogenated alkanes) is 24. The van der Waals surface area contributed by atoms with E-state index in [2.05, 4.69) is 55.6 Å². The Labute approximate surface area is 484 Å². The Morgan fingerprint density at radius 3 is 1.23 bits per heavy atom. The fourth-order valence-electron chi connectivity index (χ4n) is 10.4. The Bertz CT molecular complexity index is 1670. The number of aliphatic hydroxyl groups excluding tert-OH is 11. The van der Waals surface area contributed by atoms with E-state index in [1.165, 1.54) is 116 Å². The van der Waals surface area contributed by atoms with E-state index in [-0.39, 0.29) is 18.9 Å². The summed E-state index contributed by atoms with van der Waals surface area (Å²) in [5, 5.41) is 120. The van der Waals surface area contributed by atoms with Crippen LogP contribution in [0.5, 0.6) is 0 Å². The van der Waals surface area contributed by atoms with Crippen LogP contribution in [0, 0.1) is 0 Å². The zero-order valence-corrected chi connectivity index (χ0v) is 49.3. The van der Waals surface area contributed by atoms with Gasteiger partial charge in [-0.15, -0.1) is 0 Å². The van der Waals surface area contributed by atoms with Crippen molar-refractivity contribution in [2.24, 2.45) is 0 Å². The van der Waals surface area contributed by atoms with Gasteiger partial charge in [0.1, 0.15) is 73.2 Å². The number of carbonyl (C=O) groups is 1. The molecule has 0 aromatic heterocycles. The standard InChI is InChI=1S/C62H111NO18/c1-3-5-7-9-11-13-15-17-19-20-21-22-23-24-26-28-30-32-34-36-38-40-50(68)63-45(46(67)39-37-35-33-31-29-27-25-18-16-14-12-10-8-6-4-2)44-76-60-56(74)53(71)58(48(42-65)78-60)81-62-57(75)54(72)59(49(43-66)79-62)80-61-55(73)52(70)51(69)47(41-64)77-61/h16,18,20-21,29,31,37,39,45-49,51-62,64-67,69-75H,3-15,17,19,22-28,30,32-36,38,40-44H2,1-2H3,(H,63,68)/b18-16+,21-20-,31-29+,39-37+. The lowest BCUT2D eigenvalue weighted by atomic mass is 9.96. The van der Waals surface area contributed by atoms with Crippen LogP contribution in [-0.2, 0) is 33.2 Å². The number of ether oxygens (including phenoxy) is 6. The summed E-state index contributed by atoms with van der Waals surface area (Å²) < 4.78 is 34.2. The van der Waals surface area contributed by atoms with Gasteiger partial charge in [0, 0.05) is 6.42 Å². The lowest BCUT2D eigenvalue weighted by molar-refractivity contribution is -0.379. The number of hydrogen-bond donors (Lipinski definition) is 12. The molecule has 0 spiro atoms. The number of amides is 1. The summed E-state index contributed by atoms with van der Waals surface area (Å²) in [6.45, 7) is 1.67. The smallest absolute Gasteiger partial charge is 0.220 e. The van der Waals surface area contributed by atoms with Gasteiger partial charge in [-0.05, 0) is 70.6 Å². The molecule has 0 aromatic carbocycles. The Morgan fingerprint density at radius 1 is 0.432 bits per heavy atom. The Balaban J connectivity index is 1.49. The Hall–Kier alpha value is -2.25. The van der Waals surface area contributed by atoms with Crippen molar-refractivity contribution in [3.8, 4) is 0 Å². The molecule has 3 aliphatic heterocycles. The molecule has 17 unspecified atom stereocenters. The molecular weight excluding hydrogens is 1050 g/mol. The van der Waals surface area contributed by atoms with Gasteiger partial charge in [-0.25, -0.2) is 0 Å². The molecule has 0 saturated carbocycles. The molecule has 0 radical (unpaired) electrons. The van der Waals surface area contributed by atoms with Gasteiger partial charge in [0.15, 0.2) is 18.9 Å². The minimum absolute atomic E-state index is 0.229. The molecule has 0 bridgehead atoms. The topological polar surface area (TPSA) is 307 Å². The second-order valence-corrected chi connectivity index (χ2v) is 22.5. The number of rotatable bonds is 46. The summed E-state index contributed by atoms with van der Waals surface area (Å²) in [4.78, 5) is 13.3. The van der Waals surface area contributed by atoms with E-state index < -0.39 is 124 Å². The van der Waals surface area contributed by atoms with Crippen LogP contribution in [0.4, 0.5) is 0 Å². The van der Waals surface area contributed by atoms with Crippen molar-refractivity contribution in [1.29, 1.82) is 0 Å². The quantitative estimate of drug-likeness (QED) is 0.0236. The Morgan fingerprint density at radius 2 is 0.790 bits per heavy atom. The van der Waals surface area contributed by atoms with Gasteiger partial charge < -0.3 is 89.9 Å². The summed E-state index contributed by atoms with van der Waals surface area (Å²) in [5.41, 5.74) is 0. The molecule has 0 aliphatic carbocycles. The first-order valence-electron chi connectivity index (χ1n) is 31.4. The van der Waals surface area contributed by atoms with Crippen LogP contribution in [0.1, 0.15) is 206 Å². The lowest BCUT2D eigenvalue weighted by Crippen LogP contribution is -2.66. The zero-order chi connectivity index (χ0) is 59.0. The third kappa shape index (κ3) is 28.7. The molecule has 3 aliphatic rings. The number of allylic oxidation sites excluding steroid dienone is 7. The van der Waals surface area contributed by atoms with Crippen LogP contribution < -0.4 is 5.32 Å². The maximum atomic E-state index is 13.3. The zero-order valence-electron chi connectivity index (χ0n) is 49.3. The molecule has 3 saturated heterocycles. The highest BCUT2D eigenvalue weighted by molar-refractivity contribution is 5.76. The molecule has 0 aromatic rings. The van der Waals surface area contributed by atoms with Crippen molar-refractivity contribution >= 4 is 5.91 Å². The van der Waals surface area contributed by atoms with Crippen molar-refractivity contribution in [1.82, 2.24) is 5.32 Å². The molecule has 3 rings (SSSR count). The molecule has 1 amide bonds. The summed E-state index contributed by atoms with van der Waals surface area (Å²) in [5.74, 6) is -0.293. The van der Waals surface area contributed by atoms with Crippen molar-refractivity contribution in [2.75, 3.05) is 26.4 Å². The van der Waals surface area contributed by atoms with Crippen molar-refractivity contribution in [2.45, 2.75) is 311 Å². The van der Waals surface area contributed by atoms with E-state index in [4.69, 9.17) is 28.4 Å². The number of hydrogen-bond acceptors (Lipinski definition) is 18. The van der Waals surface area contributed by atoms with Gasteiger partial charge in [0.05, 0.1) is 38.6 Å². The summed E-state index contributed by atoms with van der Waals surface area (Å²) in [6.07, 6.45) is 23.8. The maximum Gasteiger partial charge on any atom is 0.220 e. The van der Waals surface area contributed by atoms with E-state index in [1.54, 1.807) is 6.08 Å². The minimum atomic E-state index is -1.98. The fraction of sp³-hybridized carbons (Fsp3) is 0.855. The van der Waals surface area contributed by atoms with Gasteiger partial charge in [-0.3, -0.25) is 4.79 Å². The predicted molar refractivity (Wildman–Crippen MR) is 309 cm³/mol. The summed E-state index contributed by atoms with van der Waals surface area (Å²) in [6, 6.07) is -0.997. The molecule has 17 atom stereocenters. The third-order valence-electron chi connectivity index (χ3n) is 15.6. The average molecular weight is 1160 g/mol. The van der Waals surface area contributed by atoms with Gasteiger partial charge in [-0.2, -0.15) is 0 Å². The van der Waals surface area contributed by atoms with E-state index >= 15 is 0 Å². The highest BCUT2D eigenvalue weighted by Crippen LogP contribution is 2.33. The first-order chi connectivity index (χ1) is 39.3. The van der Waals surface area contributed by atoms with Crippen LogP contribution in [-0.4, -0.2) is 193 Å². The predicted octanol–water partition coefficient (Wildman–Crippen LogP) is 6.26. The first-order valence-corrected chi connectivity index (χ1v) is 31.4. The van der Waals surface area contributed by atoms with Crippen molar-refractivity contribution in [3.63, 3.8) is 0 Å². The van der Waals surface area contributed by atoms with Crippen LogP contribution in [0.2, 0.25) is 0 Å². The van der Waals surface area contributed by atoms with Crippen LogP contribution in [0.3, 0.4) is 0 Å². The van der Waals surface area contributed by atoms with Crippen LogP contribution in [0.25, 0.3) is 0 Å². The third-order valence-corrected chi connectivity index (χ3v) is 15.6. The number of aliphatic hydroxyl groups is 11. The van der Waals surface area contributed by atoms with E-state index in [0.717, 1.165) is 57.8 Å². The van der Waals surface area contributed by atoms with Crippen LogP contribution >= 0.6 is 0 Å². The maximum absolute atomic E-state index is 13.3. The van der Waals surface area contributed by atoms with Gasteiger partial charge in [-0.1, -0.05) is 178 Å². The average Bonchev–Trinajstić information content (AvgIpc) is 3.51. The molecule has 3 heterocycles. The first kappa shape index (κ1) is 73.0. The molecule has 19 nitrogen and oxygen atoms in total. The molecule has 12 N–H and O–H groups in total. The van der Waals surface area contributed by atoms with Gasteiger partial charge in [0.2, 0.25) is 5.91 Å².